The minimum absolute atomic E-state index is 0.259. The van der Waals surface area contributed by atoms with Gasteiger partial charge < -0.3 is 5.32 Å². The van der Waals surface area contributed by atoms with E-state index in [0.29, 0.717) is 12.2 Å². The van der Waals surface area contributed by atoms with Crippen LogP contribution in [-0.2, 0) is 6.18 Å². The fraction of sp³-hybridized carbons (Fsp3) is 0.500. The Morgan fingerprint density at radius 2 is 2.00 bits per heavy atom. The molecular weight excluding hydrogens is 251 g/mol. The van der Waals surface area contributed by atoms with Crippen molar-refractivity contribution in [1.82, 2.24) is 0 Å². The summed E-state index contributed by atoms with van der Waals surface area (Å²) >= 11 is 5.53. The summed E-state index contributed by atoms with van der Waals surface area (Å²) in [6, 6.07) is 3.92. The molecule has 1 aromatic carbocycles. The van der Waals surface area contributed by atoms with Gasteiger partial charge in [0.25, 0.3) is 0 Å². The Morgan fingerprint density at radius 1 is 1.29 bits per heavy atom. The van der Waals surface area contributed by atoms with Gasteiger partial charge >= 0.3 is 6.18 Å². The third-order valence-corrected chi connectivity index (χ3v) is 3.18. The van der Waals surface area contributed by atoms with Crippen LogP contribution in [0.2, 0.25) is 5.02 Å². The zero-order valence-corrected chi connectivity index (χ0v) is 9.91. The summed E-state index contributed by atoms with van der Waals surface area (Å²) in [6.45, 7) is 0.712. The Bertz CT molecular complexity index is 399. The molecule has 1 fully saturated rings. The van der Waals surface area contributed by atoms with E-state index in [2.05, 4.69) is 5.32 Å². The second kappa shape index (κ2) is 4.77. The summed E-state index contributed by atoms with van der Waals surface area (Å²) < 4.78 is 37.7. The van der Waals surface area contributed by atoms with Gasteiger partial charge in [0.05, 0.1) is 10.6 Å². The van der Waals surface area contributed by atoms with Crippen molar-refractivity contribution in [2.45, 2.75) is 25.4 Å². The third kappa shape index (κ3) is 3.53. The summed E-state index contributed by atoms with van der Waals surface area (Å²) in [5.74, 6) is 0.761. The van der Waals surface area contributed by atoms with Crippen molar-refractivity contribution < 1.29 is 13.2 Å². The van der Waals surface area contributed by atoms with Gasteiger partial charge in [0, 0.05) is 12.2 Å². The van der Waals surface area contributed by atoms with Gasteiger partial charge in [-0.15, -0.1) is 0 Å². The molecule has 0 aromatic heterocycles. The van der Waals surface area contributed by atoms with E-state index >= 15 is 0 Å². The van der Waals surface area contributed by atoms with Crippen LogP contribution in [0, 0.1) is 5.92 Å². The maximum absolute atomic E-state index is 12.6. The molecule has 1 aliphatic carbocycles. The van der Waals surface area contributed by atoms with Gasteiger partial charge in [-0.05, 0) is 30.5 Å². The number of hydrogen-bond acceptors (Lipinski definition) is 1. The van der Waals surface area contributed by atoms with Crippen molar-refractivity contribution in [3.8, 4) is 0 Å². The molecule has 0 saturated heterocycles. The fourth-order valence-electron chi connectivity index (χ4n) is 1.68. The maximum atomic E-state index is 12.6. The summed E-state index contributed by atoms with van der Waals surface area (Å²) in [6.07, 6.45) is -0.887. The highest BCUT2D eigenvalue weighted by Crippen LogP contribution is 2.36. The number of nitrogens with one attached hydrogen (secondary N) is 1. The lowest BCUT2D eigenvalue weighted by Gasteiger charge is -2.12. The molecule has 1 nitrogen and oxygen atoms in total. The average Bonchev–Trinajstić information content (AvgIpc) is 3.03. The summed E-state index contributed by atoms with van der Waals surface area (Å²) in [4.78, 5) is 0. The molecule has 5 heteroatoms. The molecule has 0 bridgehead atoms. The Hall–Kier alpha value is -0.900. The largest absolute Gasteiger partial charge is 0.417 e. The highest BCUT2D eigenvalue weighted by Gasteiger charge is 2.33. The molecule has 0 atom stereocenters. The first-order valence-electron chi connectivity index (χ1n) is 5.57. The molecule has 0 amide bonds. The lowest BCUT2D eigenvalue weighted by molar-refractivity contribution is -0.137. The van der Waals surface area contributed by atoms with Gasteiger partial charge in [0.15, 0.2) is 0 Å². The first-order valence-corrected chi connectivity index (χ1v) is 5.95. The quantitative estimate of drug-likeness (QED) is 0.839. The van der Waals surface area contributed by atoms with Crippen molar-refractivity contribution in [3.05, 3.63) is 28.8 Å². The molecule has 1 aromatic rings. The second-order valence-electron chi connectivity index (χ2n) is 4.35. The number of benzene rings is 1. The monoisotopic (exact) mass is 263 g/mol. The number of hydrogen-bond donors (Lipinski definition) is 1. The Labute approximate surface area is 103 Å². The third-order valence-electron chi connectivity index (χ3n) is 2.85. The van der Waals surface area contributed by atoms with Crippen LogP contribution in [0.4, 0.5) is 18.9 Å². The Kier molecular flexibility index (Phi) is 3.52. The highest BCUT2D eigenvalue weighted by molar-refractivity contribution is 6.31. The molecule has 1 saturated carbocycles. The van der Waals surface area contributed by atoms with Gasteiger partial charge in [0.2, 0.25) is 0 Å². The van der Waals surface area contributed by atoms with Crippen molar-refractivity contribution in [1.29, 1.82) is 0 Å². The molecular formula is C12H13ClF3N. The van der Waals surface area contributed by atoms with E-state index in [1.807, 2.05) is 0 Å². The van der Waals surface area contributed by atoms with Gasteiger partial charge in [-0.25, -0.2) is 0 Å². The van der Waals surface area contributed by atoms with Crippen LogP contribution in [0.1, 0.15) is 24.8 Å². The summed E-state index contributed by atoms with van der Waals surface area (Å²) in [7, 11) is 0. The Morgan fingerprint density at radius 3 is 2.59 bits per heavy atom. The topological polar surface area (TPSA) is 12.0 Å². The van der Waals surface area contributed by atoms with Gasteiger partial charge in [0.1, 0.15) is 0 Å². The van der Waals surface area contributed by atoms with Crippen LogP contribution in [0.15, 0.2) is 18.2 Å². The van der Waals surface area contributed by atoms with Gasteiger partial charge in [-0.2, -0.15) is 13.2 Å². The molecule has 0 heterocycles. The zero-order chi connectivity index (χ0) is 12.5. The molecule has 0 unspecified atom stereocenters. The van der Waals surface area contributed by atoms with Crippen molar-refractivity contribution in [2.75, 3.05) is 11.9 Å². The second-order valence-corrected chi connectivity index (χ2v) is 4.76. The predicted octanol–water partition coefficient (Wildman–Crippen LogP) is 4.57. The number of alkyl halides is 3. The van der Waals surface area contributed by atoms with Crippen LogP contribution >= 0.6 is 11.6 Å². The zero-order valence-electron chi connectivity index (χ0n) is 9.15. The number of rotatable bonds is 4. The van der Waals surface area contributed by atoms with Gasteiger partial charge in [-0.3, -0.25) is 0 Å². The van der Waals surface area contributed by atoms with E-state index in [1.165, 1.54) is 18.9 Å². The summed E-state index contributed by atoms with van der Waals surface area (Å²) in [5.41, 5.74) is -0.307. The SMILES string of the molecule is FC(F)(F)c1cc(NCCC2CC2)ccc1Cl. The normalized spacial score (nSPS) is 16.0. The van der Waals surface area contributed by atoms with E-state index in [-0.39, 0.29) is 5.02 Å². The number of halogens is 4. The van der Waals surface area contributed by atoms with Crippen molar-refractivity contribution in [3.63, 3.8) is 0 Å². The van der Waals surface area contributed by atoms with E-state index in [0.717, 1.165) is 18.4 Å². The van der Waals surface area contributed by atoms with Gasteiger partial charge in [-0.1, -0.05) is 24.4 Å². The molecule has 1 aliphatic rings. The average molecular weight is 264 g/mol. The van der Waals surface area contributed by atoms with E-state index in [4.69, 9.17) is 11.6 Å². The molecule has 17 heavy (non-hydrogen) atoms. The Balaban J connectivity index is 2.01. The molecule has 0 aliphatic heterocycles. The molecule has 2 rings (SSSR count). The van der Waals surface area contributed by atoms with E-state index in [9.17, 15) is 13.2 Å². The molecule has 94 valence electrons. The predicted molar refractivity (Wildman–Crippen MR) is 62.3 cm³/mol. The molecule has 1 N–H and O–H groups in total. The first-order chi connectivity index (χ1) is 7.97. The van der Waals surface area contributed by atoms with Crippen molar-refractivity contribution >= 4 is 17.3 Å². The number of anilines is 1. The standard InChI is InChI=1S/C12H13ClF3N/c13-11-4-3-9(7-10(11)12(14,15)16)17-6-5-8-1-2-8/h3-4,7-8,17H,1-2,5-6H2. The summed E-state index contributed by atoms with van der Waals surface area (Å²) in [5, 5.41) is 2.74. The van der Waals surface area contributed by atoms with E-state index in [1.54, 1.807) is 6.07 Å². The molecule has 0 spiro atoms. The maximum Gasteiger partial charge on any atom is 0.417 e. The minimum Gasteiger partial charge on any atom is -0.385 e. The van der Waals surface area contributed by atoms with E-state index < -0.39 is 11.7 Å². The first kappa shape index (κ1) is 12.6. The fourth-order valence-corrected chi connectivity index (χ4v) is 1.90. The lowest BCUT2D eigenvalue weighted by Crippen LogP contribution is -2.08. The van der Waals surface area contributed by atoms with Crippen LogP contribution < -0.4 is 5.32 Å². The highest BCUT2D eigenvalue weighted by atomic mass is 35.5. The molecule has 0 radical (unpaired) electrons. The van der Waals surface area contributed by atoms with Crippen LogP contribution in [0.25, 0.3) is 0 Å². The van der Waals surface area contributed by atoms with Crippen LogP contribution in [0.5, 0.6) is 0 Å². The van der Waals surface area contributed by atoms with Crippen molar-refractivity contribution in [2.24, 2.45) is 5.92 Å². The smallest absolute Gasteiger partial charge is 0.385 e. The van der Waals surface area contributed by atoms with Crippen LogP contribution in [-0.4, -0.2) is 6.54 Å². The minimum atomic E-state index is -4.40. The lowest BCUT2D eigenvalue weighted by atomic mass is 10.2. The van der Waals surface area contributed by atoms with Crippen LogP contribution in [0.3, 0.4) is 0 Å².